The van der Waals surface area contributed by atoms with Gasteiger partial charge in [-0.3, -0.25) is 0 Å². The Balaban J connectivity index is 1.56. The molecule has 33 heavy (non-hydrogen) atoms. The second kappa shape index (κ2) is 12.0. The molecule has 0 saturated heterocycles. The molecule has 0 saturated carbocycles. The smallest absolute Gasteiger partial charge is 0.326 e. The van der Waals surface area contributed by atoms with Crippen LogP contribution in [0.3, 0.4) is 0 Å². The monoisotopic (exact) mass is 446 g/mol. The average Bonchev–Trinajstić information content (AvgIpc) is 3.19. The summed E-state index contributed by atoms with van der Waals surface area (Å²) in [5.41, 5.74) is 4.29. The van der Waals surface area contributed by atoms with Crippen LogP contribution in [0.1, 0.15) is 49.3 Å². The van der Waals surface area contributed by atoms with Crippen LogP contribution in [0.2, 0.25) is 0 Å². The summed E-state index contributed by atoms with van der Waals surface area (Å²) >= 11 is 0. The summed E-state index contributed by atoms with van der Waals surface area (Å²) < 4.78 is 5.86. The van der Waals surface area contributed by atoms with Gasteiger partial charge in [-0.25, -0.2) is 9.78 Å². The van der Waals surface area contributed by atoms with Gasteiger partial charge in [0.2, 0.25) is 5.89 Å². The third kappa shape index (κ3) is 6.82. The van der Waals surface area contributed by atoms with Gasteiger partial charge in [0.15, 0.2) is 0 Å². The fourth-order valence-corrected chi connectivity index (χ4v) is 4.02. The SMILES string of the molecule is C/C=C\N(CCC)C(Cc1ccc(CCCc2nc(-c3ccccc3)oc2C)cc1)C(=O)O. The summed E-state index contributed by atoms with van der Waals surface area (Å²) in [4.78, 5) is 18.5. The van der Waals surface area contributed by atoms with Gasteiger partial charge in [-0.15, -0.1) is 0 Å². The van der Waals surface area contributed by atoms with Crippen molar-refractivity contribution in [2.75, 3.05) is 6.54 Å². The van der Waals surface area contributed by atoms with E-state index in [0.717, 1.165) is 54.8 Å². The van der Waals surface area contributed by atoms with Crippen LogP contribution in [0.4, 0.5) is 0 Å². The van der Waals surface area contributed by atoms with Gasteiger partial charge in [0.05, 0.1) is 5.69 Å². The van der Waals surface area contributed by atoms with E-state index in [0.29, 0.717) is 12.3 Å². The Kier molecular flexibility index (Phi) is 8.87. The average molecular weight is 447 g/mol. The number of aryl methyl sites for hydroxylation is 3. The zero-order valence-electron chi connectivity index (χ0n) is 19.8. The maximum absolute atomic E-state index is 11.9. The first-order chi connectivity index (χ1) is 16.0. The van der Waals surface area contributed by atoms with Crippen molar-refractivity contribution in [3.05, 3.63) is 89.5 Å². The van der Waals surface area contributed by atoms with E-state index in [1.807, 2.05) is 61.4 Å². The van der Waals surface area contributed by atoms with E-state index in [2.05, 4.69) is 36.2 Å². The number of benzene rings is 2. The number of nitrogens with zero attached hydrogens (tertiary/aromatic N) is 2. The molecule has 1 atom stereocenters. The summed E-state index contributed by atoms with van der Waals surface area (Å²) in [6.07, 6.45) is 7.95. The van der Waals surface area contributed by atoms with E-state index < -0.39 is 12.0 Å². The minimum atomic E-state index is -0.788. The molecule has 0 fully saturated rings. The number of carboxylic acids is 1. The van der Waals surface area contributed by atoms with Crippen LogP contribution in [0.25, 0.3) is 11.5 Å². The van der Waals surface area contributed by atoms with Gasteiger partial charge in [0.1, 0.15) is 11.8 Å². The molecule has 0 amide bonds. The highest BCUT2D eigenvalue weighted by atomic mass is 16.4. The van der Waals surface area contributed by atoms with E-state index in [1.54, 1.807) is 0 Å². The molecule has 0 radical (unpaired) electrons. The third-order valence-electron chi connectivity index (χ3n) is 5.75. The van der Waals surface area contributed by atoms with E-state index in [4.69, 9.17) is 4.42 Å². The van der Waals surface area contributed by atoms with Crippen molar-refractivity contribution < 1.29 is 14.3 Å². The number of carbonyl (C=O) groups is 1. The Hall–Kier alpha value is -3.34. The predicted octanol–water partition coefficient (Wildman–Crippen LogP) is 6.07. The summed E-state index contributed by atoms with van der Waals surface area (Å²) in [5.74, 6) is 0.764. The van der Waals surface area contributed by atoms with Gasteiger partial charge in [-0.05, 0) is 69.0 Å². The van der Waals surface area contributed by atoms with Gasteiger partial charge < -0.3 is 14.4 Å². The molecule has 3 rings (SSSR count). The van der Waals surface area contributed by atoms with Crippen LogP contribution in [0.15, 0.2) is 71.3 Å². The highest BCUT2D eigenvalue weighted by Crippen LogP contribution is 2.22. The summed E-state index contributed by atoms with van der Waals surface area (Å²) in [7, 11) is 0. The molecular weight excluding hydrogens is 412 g/mol. The molecule has 3 aromatic rings. The Bertz CT molecular complexity index is 1040. The van der Waals surface area contributed by atoms with E-state index in [9.17, 15) is 9.90 Å². The van der Waals surface area contributed by atoms with Crippen molar-refractivity contribution in [3.8, 4) is 11.5 Å². The van der Waals surface area contributed by atoms with Crippen molar-refractivity contribution in [1.29, 1.82) is 0 Å². The van der Waals surface area contributed by atoms with Gasteiger partial charge >= 0.3 is 5.97 Å². The van der Waals surface area contributed by atoms with E-state index in [1.165, 1.54) is 5.56 Å². The predicted molar refractivity (Wildman–Crippen MR) is 132 cm³/mol. The van der Waals surface area contributed by atoms with Gasteiger partial charge in [0, 0.05) is 18.5 Å². The normalized spacial score (nSPS) is 12.2. The van der Waals surface area contributed by atoms with Crippen LogP contribution in [0, 0.1) is 6.92 Å². The minimum absolute atomic E-state index is 0.486. The maximum atomic E-state index is 11.9. The summed E-state index contributed by atoms with van der Waals surface area (Å²) in [5, 5.41) is 9.74. The highest BCUT2D eigenvalue weighted by molar-refractivity contribution is 5.74. The van der Waals surface area contributed by atoms with Gasteiger partial charge in [0.25, 0.3) is 0 Å². The van der Waals surface area contributed by atoms with Crippen LogP contribution < -0.4 is 0 Å². The molecule has 2 aromatic carbocycles. The van der Waals surface area contributed by atoms with Crippen molar-refractivity contribution >= 4 is 5.97 Å². The fraction of sp³-hybridized carbons (Fsp3) is 0.357. The third-order valence-corrected chi connectivity index (χ3v) is 5.75. The number of rotatable bonds is 12. The Labute approximate surface area is 196 Å². The summed E-state index contributed by atoms with van der Waals surface area (Å²) in [6, 6.07) is 17.7. The van der Waals surface area contributed by atoms with Crippen molar-refractivity contribution in [2.24, 2.45) is 0 Å². The zero-order chi connectivity index (χ0) is 23.6. The molecule has 0 aliphatic heterocycles. The fourth-order valence-electron chi connectivity index (χ4n) is 4.02. The van der Waals surface area contributed by atoms with Crippen molar-refractivity contribution in [3.63, 3.8) is 0 Å². The topological polar surface area (TPSA) is 66.6 Å². The maximum Gasteiger partial charge on any atom is 0.326 e. The Morgan fingerprint density at radius 1 is 1.09 bits per heavy atom. The molecule has 1 unspecified atom stereocenters. The lowest BCUT2D eigenvalue weighted by Crippen LogP contribution is -2.39. The molecule has 5 nitrogen and oxygen atoms in total. The molecule has 1 aromatic heterocycles. The number of aliphatic carboxylic acids is 1. The second-order valence-electron chi connectivity index (χ2n) is 8.34. The Morgan fingerprint density at radius 2 is 1.79 bits per heavy atom. The molecular formula is C28H34N2O3. The quantitative estimate of drug-likeness (QED) is 0.366. The number of allylic oxidation sites excluding steroid dienone is 1. The molecule has 0 aliphatic carbocycles. The van der Waals surface area contributed by atoms with Crippen LogP contribution in [0.5, 0.6) is 0 Å². The molecule has 1 heterocycles. The number of oxazole rings is 1. The number of carboxylic acid groups (broad SMARTS) is 1. The lowest BCUT2D eigenvalue weighted by atomic mass is 10.0. The Morgan fingerprint density at radius 3 is 2.42 bits per heavy atom. The molecule has 0 aliphatic rings. The number of aromatic nitrogens is 1. The standard InChI is InChI=1S/C28H34N2O3/c1-4-18-30(19-5-2)26(28(31)32)20-23-16-14-22(15-17-23)10-9-13-25-21(3)33-27(29-25)24-11-7-6-8-12-24/h4,6-8,11-12,14-18,26H,5,9-10,13,19-20H2,1-3H3,(H,31,32)/b18-4-. The van der Waals surface area contributed by atoms with Crippen LogP contribution >= 0.6 is 0 Å². The molecule has 1 N–H and O–H groups in total. The second-order valence-corrected chi connectivity index (χ2v) is 8.34. The molecule has 174 valence electrons. The first kappa shape index (κ1) is 24.3. The number of hydrogen-bond donors (Lipinski definition) is 1. The molecule has 0 bridgehead atoms. The van der Waals surface area contributed by atoms with E-state index in [-0.39, 0.29) is 0 Å². The van der Waals surface area contributed by atoms with Crippen molar-refractivity contribution in [1.82, 2.24) is 9.88 Å². The van der Waals surface area contributed by atoms with Gasteiger partial charge in [-0.2, -0.15) is 0 Å². The number of hydrogen-bond acceptors (Lipinski definition) is 4. The lowest BCUT2D eigenvalue weighted by molar-refractivity contribution is -0.142. The first-order valence-corrected chi connectivity index (χ1v) is 11.7. The lowest BCUT2D eigenvalue weighted by Gasteiger charge is -2.27. The van der Waals surface area contributed by atoms with E-state index >= 15 is 0 Å². The molecule has 5 heteroatoms. The van der Waals surface area contributed by atoms with Crippen LogP contribution in [-0.2, 0) is 24.1 Å². The largest absolute Gasteiger partial charge is 0.480 e. The zero-order valence-corrected chi connectivity index (χ0v) is 19.8. The minimum Gasteiger partial charge on any atom is -0.480 e. The molecule has 0 spiro atoms. The van der Waals surface area contributed by atoms with Crippen molar-refractivity contribution in [2.45, 2.75) is 58.9 Å². The van der Waals surface area contributed by atoms with Gasteiger partial charge in [-0.1, -0.05) is 55.5 Å². The first-order valence-electron chi connectivity index (χ1n) is 11.7. The highest BCUT2D eigenvalue weighted by Gasteiger charge is 2.23. The summed E-state index contributed by atoms with van der Waals surface area (Å²) in [6.45, 7) is 6.68. The van der Waals surface area contributed by atoms with Crippen LogP contribution in [-0.4, -0.2) is 33.5 Å².